The van der Waals surface area contributed by atoms with E-state index in [4.69, 9.17) is 5.73 Å². The smallest absolute Gasteiger partial charge is 0.00761 e. The van der Waals surface area contributed by atoms with E-state index in [0.29, 0.717) is 6.04 Å². The van der Waals surface area contributed by atoms with Crippen molar-refractivity contribution < 1.29 is 0 Å². The van der Waals surface area contributed by atoms with Gasteiger partial charge in [-0.1, -0.05) is 68.1 Å². The van der Waals surface area contributed by atoms with E-state index in [1.54, 1.807) is 0 Å². The van der Waals surface area contributed by atoms with Crippen LogP contribution in [0.4, 0.5) is 0 Å². The van der Waals surface area contributed by atoms with Gasteiger partial charge in [-0.2, -0.15) is 0 Å². The Hall–Kier alpha value is -1.64. The molecule has 2 heteroatoms. The Bertz CT molecular complexity index is 466. The lowest BCUT2D eigenvalue weighted by molar-refractivity contribution is 0.608. The average molecular weight is 304 g/mol. The van der Waals surface area contributed by atoms with E-state index in [1.165, 1.54) is 11.1 Å². The lowest BCUT2D eigenvalue weighted by Crippen LogP contribution is -2.23. The van der Waals surface area contributed by atoms with Crippen molar-refractivity contribution in [1.82, 2.24) is 5.32 Å². The Labute approximate surface area is 136 Å². The van der Waals surface area contributed by atoms with Crippen LogP contribution in [0.5, 0.6) is 0 Å². The van der Waals surface area contributed by atoms with Crippen LogP contribution in [0, 0.1) is 0 Å². The van der Waals surface area contributed by atoms with Gasteiger partial charge in [0.1, 0.15) is 0 Å². The van der Waals surface area contributed by atoms with Crippen LogP contribution in [0.2, 0.25) is 0 Å². The van der Waals surface area contributed by atoms with Crippen LogP contribution in [0.25, 0.3) is 0 Å². The van der Waals surface area contributed by atoms with Crippen molar-refractivity contribution >= 4 is 0 Å². The van der Waals surface area contributed by atoms with E-state index >= 15 is 0 Å². The first-order valence-corrected chi connectivity index (χ1v) is 7.62. The van der Waals surface area contributed by atoms with Gasteiger partial charge in [0.25, 0.3) is 0 Å². The largest absolute Gasteiger partial charge is 0.328 e. The molecule has 2 nitrogen and oxygen atoms in total. The molecule has 0 fully saturated rings. The standard InChI is InChI=1S/C10H15N.C9H13N.CH4/c1-9(11-2)8-10-6-4-3-5-7-10;1-8(10)7-9-5-3-2-4-6-9;/h3-7,9,11H,8H2,1-2H3;2-6,8H,7,10H2,1H3;1H4/i1+1,11+1;1+1,10+1;. The van der Waals surface area contributed by atoms with Gasteiger partial charge in [0, 0.05) is 12.1 Å². The molecule has 0 aliphatic heterocycles. The summed E-state index contributed by atoms with van der Waals surface area (Å²) < 4.78 is 0. The zero-order valence-corrected chi connectivity index (χ0v) is 13.4. The minimum atomic E-state index is 0. The van der Waals surface area contributed by atoms with E-state index in [0.717, 1.165) is 12.8 Å². The van der Waals surface area contributed by atoms with Gasteiger partial charge in [0.15, 0.2) is 0 Å². The second-order valence-electron chi connectivity index (χ2n) is 5.55. The molecule has 0 heterocycles. The Morgan fingerprint density at radius 1 is 0.818 bits per heavy atom. The summed E-state index contributed by atoms with van der Waals surface area (Å²) in [5.41, 5.74) is 8.34. The normalized spacial score (nSPS) is 12.4. The third-order valence-electron chi connectivity index (χ3n) is 3.28. The van der Waals surface area contributed by atoms with Crippen molar-refractivity contribution in [1.29, 1.82) is 0 Å². The predicted molar refractivity (Wildman–Crippen MR) is 99.2 cm³/mol. The van der Waals surface area contributed by atoms with Crippen LogP contribution in [-0.4, -0.2) is 19.1 Å². The highest BCUT2D eigenvalue weighted by atomic mass is 15.6. The molecule has 0 aliphatic carbocycles. The van der Waals surface area contributed by atoms with Crippen molar-refractivity contribution in [2.24, 2.45) is 5.73 Å². The second kappa shape index (κ2) is 12.0. The molecule has 0 spiro atoms. The molecule has 2 aromatic rings. The summed E-state index contributed by atoms with van der Waals surface area (Å²) in [6.45, 7) is 4.21. The van der Waals surface area contributed by atoms with E-state index in [9.17, 15) is 0 Å². The molecule has 0 amide bonds. The van der Waals surface area contributed by atoms with Crippen molar-refractivity contribution in [2.45, 2.75) is 46.2 Å². The quantitative estimate of drug-likeness (QED) is 0.646. The summed E-state index contributed by atoms with van der Waals surface area (Å²) in [4.78, 5) is 0. The molecular weight excluding hydrogens is 272 g/mol. The topological polar surface area (TPSA) is 38.0 Å². The molecule has 3 N–H and O–H groups in total. The molecule has 122 valence electrons. The van der Waals surface area contributed by atoms with Crippen LogP contribution >= 0.6 is 0 Å². The van der Waals surface area contributed by atoms with Gasteiger partial charge in [0.05, 0.1) is 0 Å². The molecule has 22 heavy (non-hydrogen) atoms. The molecule has 0 aliphatic rings. The Kier molecular flexibility index (Phi) is 11.1. The SMILES string of the molecule is C.C[15NH]C([13CH3])Cc1ccccc1.[13CH3]C([15NH2])Cc1ccccc1. The van der Waals surface area contributed by atoms with Gasteiger partial charge in [-0.3, -0.25) is 0 Å². The maximum absolute atomic E-state index is 5.62. The molecule has 2 rings (SSSR count). The summed E-state index contributed by atoms with van der Waals surface area (Å²) in [7, 11) is 1.99. The van der Waals surface area contributed by atoms with Crippen LogP contribution in [0.3, 0.4) is 0 Å². The molecule has 2 aromatic carbocycles. The zero-order chi connectivity index (χ0) is 15.5. The van der Waals surface area contributed by atoms with Gasteiger partial charge in [-0.05, 0) is 44.9 Å². The maximum atomic E-state index is 5.62. The number of benzene rings is 2. The number of rotatable bonds is 5. The lowest BCUT2D eigenvalue weighted by atomic mass is 10.1. The number of hydrogen-bond acceptors (Lipinski definition) is 2. The fraction of sp³-hybridized carbons (Fsp3) is 0.400. The van der Waals surface area contributed by atoms with Gasteiger partial charge in [-0.15, -0.1) is 0 Å². The van der Waals surface area contributed by atoms with Gasteiger partial charge >= 0.3 is 0 Å². The first-order chi connectivity index (χ1) is 10.1. The average Bonchev–Trinajstić information content (AvgIpc) is 2.49. The van der Waals surface area contributed by atoms with E-state index in [1.807, 2.05) is 38.2 Å². The van der Waals surface area contributed by atoms with Crippen molar-refractivity contribution in [3.8, 4) is 0 Å². The highest BCUT2D eigenvalue weighted by molar-refractivity contribution is 5.16. The highest BCUT2D eigenvalue weighted by Gasteiger charge is 1.97. The lowest BCUT2D eigenvalue weighted by Gasteiger charge is -2.08. The monoisotopic (exact) mass is 304 g/mol. The van der Waals surface area contributed by atoms with Gasteiger partial charge in [-0.25, -0.2) is 0 Å². The van der Waals surface area contributed by atoms with Crippen LogP contribution in [0.1, 0.15) is 32.4 Å². The van der Waals surface area contributed by atoms with Crippen LogP contribution in [0.15, 0.2) is 60.7 Å². The molecule has 0 saturated carbocycles. The number of nitrogens with one attached hydrogen (secondary N) is 1. The summed E-state index contributed by atoms with van der Waals surface area (Å²) in [6, 6.07) is 21.7. The fourth-order valence-electron chi connectivity index (χ4n) is 2.06. The maximum Gasteiger partial charge on any atom is 0.00761 e. The molecular formula is C20H32N2. The number of likely N-dealkylation sites (N-methyl/N-ethyl adjacent to an activating group) is 1. The summed E-state index contributed by atoms with van der Waals surface area (Å²) in [6.07, 6.45) is 2.08. The Morgan fingerprint density at radius 2 is 1.23 bits per heavy atom. The van der Waals surface area contributed by atoms with Crippen LogP contribution in [-0.2, 0) is 12.8 Å². The predicted octanol–water partition coefficient (Wildman–Crippen LogP) is 4.05. The minimum Gasteiger partial charge on any atom is -0.328 e. The molecule has 0 saturated heterocycles. The first kappa shape index (κ1) is 20.4. The Balaban J connectivity index is 0.000000385. The fourth-order valence-corrected chi connectivity index (χ4v) is 2.06. The van der Waals surface area contributed by atoms with E-state index in [2.05, 4.69) is 48.6 Å². The number of hydrogen-bond donors (Lipinski definition) is 2. The molecule has 2 unspecified atom stereocenters. The minimum absolute atomic E-state index is 0. The van der Waals surface area contributed by atoms with Crippen LogP contribution < -0.4 is 11.1 Å². The summed E-state index contributed by atoms with van der Waals surface area (Å²) >= 11 is 0. The second-order valence-corrected chi connectivity index (χ2v) is 5.55. The van der Waals surface area contributed by atoms with Gasteiger partial charge in [0.2, 0.25) is 0 Å². The molecule has 0 radical (unpaired) electrons. The van der Waals surface area contributed by atoms with Crippen molar-refractivity contribution in [3.63, 3.8) is 0 Å². The van der Waals surface area contributed by atoms with Gasteiger partial charge < -0.3 is 11.1 Å². The van der Waals surface area contributed by atoms with E-state index < -0.39 is 0 Å². The highest BCUT2D eigenvalue weighted by Crippen LogP contribution is 2.02. The molecule has 0 aromatic heterocycles. The Morgan fingerprint density at radius 3 is 1.59 bits per heavy atom. The van der Waals surface area contributed by atoms with Crippen molar-refractivity contribution in [2.75, 3.05) is 7.05 Å². The molecule has 0 bridgehead atoms. The zero-order valence-electron chi connectivity index (χ0n) is 13.4. The van der Waals surface area contributed by atoms with E-state index in [-0.39, 0.29) is 13.5 Å². The first-order valence-electron chi connectivity index (χ1n) is 7.62. The third kappa shape index (κ3) is 9.32. The van der Waals surface area contributed by atoms with Crippen molar-refractivity contribution in [3.05, 3.63) is 71.8 Å². The third-order valence-corrected chi connectivity index (χ3v) is 3.28. The molecule has 2 atom stereocenters. The number of nitrogens with two attached hydrogens (primary N) is 1. The summed E-state index contributed by atoms with van der Waals surface area (Å²) in [5.74, 6) is 0. The summed E-state index contributed by atoms with van der Waals surface area (Å²) in [5, 5.41) is 3.21.